The second-order valence-corrected chi connectivity index (χ2v) is 9.15. The van der Waals surface area contributed by atoms with Crippen molar-refractivity contribution in [1.29, 1.82) is 0 Å². The van der Waals surface area contributed by atoms with E-state index < -0.39 is 0 Å². The normalized spacial score (nSPS) is 16.1. The number of anilines is 1. The Bertz CT molecular complexity index is 1410. The van der Waals surface area contributed by atoms with Gasteiger partial charge in [-0.15, -0.1) is 0 Å². The van der Waals surface area contributed by atoms with E-state index in [0.29, 0.717) is 21.9 Å². The van der Waals surface area contributed by atoms with Crippen molar-refractivity contribution in [3.63, 3.8) is 0 Å². The van der Waals surface area contributed by atoms with Crippen LogP contribution in [-0.2, 0) is 0 Å². The molecule has 5 nitrogen and oxygen atoms in total. The zero-order valence-corrected chi connectivity index (χ0v) is 20.6. The van der Waals surface area contributed by atoms with Crippen molar-refractivity contribution in [3.05, 3.63) is 106 Å². The van der Waals surface area contributed by atoms with Gasteiger partial charge in [-0.1, -0.05) is 76.9 Å². The van der Waals surface area contributed by atoms with Crippen LogP contribution in [0.4, 0.5) is 5.69 Å². The number of nitrogens with one attached hydrogen (secondary N) is 1. The Morgan fingerprint density at radius 3 is 2.50 bits per heavy atom. The van der Waals surface area contributed by atoms with E-state index in [9.17, 15) is 0 Å². The van der Waals surface area contributed by atoms with Crippen LogP contribution >= 0.6 is 23.8 Å². The first-order valence-corrected chi connectivity index (χ1v) is 11.7. The molecule has 1 aliphatic rings. The van der Waals surface area contributed by atoms with Gasteiger partial charge in [0.25, 0.3) is 5.89 Å². The molecule has 5 rings (SSSR count). The molecule has 0 amide bonds. The molecule has 170 valence electrons. The SMILES string of the molecule is CC1=C(c2nc(-c3cccc(C)c3)no2)C(c2ccccc2)NC(=S)N1c1ccc(C)c(Cl)c1. The summed E-state index contributed by atoms with van der Waals surface area (Å²) in [5, 5.41) is 9.03. The highest BCUT2D eigenvalue weighted by atomic mass is 35.5. The fraction of sp³-hybridized carbons (Fsp3) is 0.148. The van der Waals surface area contributed by atoms with Gasteiger partial charge < -0.3 is 9.84 Å². The van der Waals surface area contributed by atoms with E-state index in [4.69, 9.17) is 33.3 Å². The van der Waals surface area contributed by atoms with E-state index in [1.54, 1.807) is 0 Å². The van der Waals surface area contributed by atoms with Crippen LogP contribution in [0, 0.1) is 13.8 Å². The van der Waals surface area contributed by atoms with Crippen molar-refractivity contribution < 1.29 is 4.52 Å². The quantitative estimate of drug-likeness (QED) is 0.317. The molecule has 1 aromatic heterocycles. The van der Waals surface area contributed by atoms with Gasteiger partial charge in [0.2, 0.25) is 5.82 Å². The summed E-state index contributed by atoms with van der Waals surface area (Å²) in [6.07, 6.45) is 0. The molecule has 1 atom stereocenters. The Balaban J connectivity index is 1.66. The molecule has 0 bridgehead atoms. The summed E-state index contributed by atoms with van der Waals surface area (Å²) in [6, 6.07) is 23.8. The predicted octanol–water partition coefficient (Wildman–Crippen LogP) is 6.87. The minimum atomic E-state index is -0.239. The van der Waals surface area contributed by atoms with Gasteiger partial charge in [0.1, 0.15) is 0 Å². The van der Waals surface area contributed by atoms with Gasteiger partial charge >= 0.3 is 0 Å². The van der Waals surface area contributed by atoms with Crippen LogP contribution < -0.4 is 10.2 Å². The number of halogens is 1. The third-order valence-corrected chi connectivity index (χ3v) is 6.67. The summed E-state index contributed by atoms with van der Waals surface area (Å²) in [4.78, 5) is 6.75. The molecule has 4 aromatic rings. The lowest BCUT2D eigenvalue weighted by molar-refractivity contribution is 0.404. The van der Waals surface area contributed by atoms with E-state index in [2.05, 4.69) is 22.6 Å². The first-order valence-electron chi connectivity index (χ1n) is 11.0. The lowest BCUT2D eigenvalue weighted by Crippen LogP contribution is -2.46. The van der Waals surface area contributed by atoms with E-state index in [0.717, 1.165) is 39.2 Å². The first kappa shape index (κ1) is 22.3. The third-order valence-electron chi connectivity index (χ3n) is 5.96. The first-order chi connectivity index (χ1) is 16.4. The molecule has 0 aliphatic carbocycles. The number of hydrogen-bond donors (Lipinski definition) is 1. The molecular formula is C27H23ClN4OS. The van der Waals surface area contributed by atoms with Gasteiger partial charge in [-0.2, -0.15) is 4.98 Å². The van der Waals surface area contributed by atoms with Crippen LogP contribution in [0.5, 0.6) is 0 Å². The molecule has 1 N–H and O–H groups in total. The standard InChI is InChI=1S/C27H23ClN4OS/c1-16-8-7-11-20(14-16)25-30-26(33-31-25)23-18(3)32(21-13-12-17(2)22(28)15-21)27(34)29-24(23)19-9-5-4-6-10-19/h4-15,24H,1-3H3,(H,29,34). The lowest BCUT2D eigenvalue weighted by Gasteiger charge is -2.37. The predicted molar refractivity (Wildman–Crippen MR) is 141 cm³/mol. The second kappa shape index (κ2) is 9.05. The van der Waals surface area contributed by atoms with Crippen LogP contribution in [-0.4, -0.2) is 15.3 Å². The van der Waals surface area contributed by atoms with Crippen molar-refractivity contribution in [2.24, 2.45) is 0 Å². The fourth-order valence-electron chi connectivity index (χ4n) is 4.18. The number of aryl methyl sites for hydroxylation is 2. The number of aromatic nitrogens is 2. The minimum Gasteiger partial charge on any atom is -0.351 e. The monoisotopic (exact) mass is 486 g/mol. The highest BCUT2D eigenvalue weighted by Crippen LogP contribution is 2.39. The number of hydrogen-bond acceptors (Lipinski definition) is 4. The smallest absolute Gasteiger partial charge is 0.258 e. The van der Waals surface area contributed by atoms with E-state index in [-0.39, 0.29) is 6.04 Å². The van der Waals surface area contributed by atoms with Crippen molar-refractivity contribution in [1.82, 2.24) is 15.5 Å². The Morgan fingerprint density at radius 1 is 0.971 bits per heavy atom. The highest BCUT2D eigenvalue weighted by Gasteiger charge is 2.34. The summed E-state index contributed by atoms with van der Waals surface area (Å²) in [6.45, 7) is 6.03. The molecule has 0 saturated carbocycles. The molecule has 7 heteroatoms. The number of benzene rings is 3. The molecule has 0 radical (unpaired) electrons. The van der Waals surface area contributed by atoms with E-state index >= 15 is 0 Å². The zero-order valence-electron chi connectivity index (χ0n) is 19.0. The summed E-state index contributed by atoms with van der Waals surface area (Å²) in [5.74, 6) is 0.991. The summed E-state index contributed by atoms with van der Waals surface area (Å²) in [7, 11) is 0. The van der Waals surface area contributed by atoms with E-state index in [1.807, 2.05) is 86.3 Å². The van der Waals surface area contributed by atoms with Crippen LogP contribution in [0.25, 0.3) is 17.0 Å². The van der Waals surface area contributed by atoms with Gasteiger partial charge in [0.05, 0.1) is 11.6 Å². The topological polar surface area (TPSA) is 54.2 Å². The van der Waals surface area contributed by atoms with Crippen molar-refractivity contribution in [2.75, 3.05) is 4.90 Å². The van der Waals surface area contributed by atoms with Gasteiger partial charge in [-0.05, 0) is 62.3 Å². The third kappa shape index (κ3) is 4.11. The fourth-order valence-corrected chi connectivity index (χ4v) is 4.72. The molecule has 1 aliphatic heterocycles. The van der Waals surface area contributed by atoms with Gasteiger partial charge in [0, 0.05) is 22.0 Å². The number of thiocarbonyl (C=S) groups is 1. The minimum absolute atomic E-state index is 0.239. The van der Waals surface area contributed by atoms with Crippen molar-refractivity contribution in [2.45, 2.75) is 26.8 Å². The van der Waals surface area contributed by atoms with Gasteiger partial charge in [-0.3, -0.25) is 4.90 Å². The Labute approximate surface area is 209 Å². The largest absolute Gasteiger partial charge is 0.351 e. The maximum absolute atomic E-state index is 6.44. The zero-order chi connectivity index (χ0) is 23.8. The van der Waals surface area contributed by atoms with Crippen LogP contribution in [0.3, 0.4) is 0 Å². The molecule has 2 heterocycles. The number of nitrogens with zero attached hydrogens (tertiary/aromatic N) is 3. The second-order valence-electron chi connectivity index (χ2n) is 8.35. The van der Waals surface area contributed by atoms with Crippen LogP contribution in [0.1, 0.15) is 35.5 Å². The Morgan fingerprint density at radius 2 is 1.76 bits per heavy atom. The molecule has 34 heavy (non-hydrogen) atoms. The summed E-state index contributed by atoms with van der Waals surface area (Å²) < 4.78 is 5.83. The average molecular weight is 487 g/mol. The van der Waals surface area contributed by atoms with Crippen molar-refractivity contribution in [3.8, 4) is 11.4 Å². The molecule has 0 spiro atoms. The molecular weight excluding hydrogens is 464 g/mol. The Hall–Kier alpha value is -3.48. The molecule has 0 fully saturated rings. The highest BCUT2D eigenvalue weighted by molar-refractivity contribution is 7.80. The number of rotatable bonds is 4. The molecule has 0 saturated heterocycles. The van der Waals surface area contributed by atoms with Crippen LogP contribution in [0.2, 0.25) is 5.02 Å². The van der Waals surface area contributed by atoms with E-state index in [1.165, 1.54) is 0 Å². The average Bonchev–Trinajstić information content (AvgIpc) is 3.31. The molecule has 1 unspecified atom stereocenters. The van der Waals surface area contributed by atoms with Gasteiger partial charge in [0.15, 0.2) is 5.11 Å². The Kier molecular flexibility index (Phi) is 5.94. The van der Waals surface area contributed by atoms with Gasteiger partial charge in [-0.25, -0.2) is 0 Å². The summed E-state index contributed by atoms with van der Waals surface area (Å²) in [5.41, 5.74) is 6.73. The lowest BCUT2D eigenvalue weighted by atomic mass is 9.94. The molecule has 3 aromatic carbocycles. The maximum Gasteiger partial charge on any atom is 0.258 e. The maximum atomic E-state index is 6.44. The van der Waals surface area contributed by atoms with Crippen molar-refractivity contribution >= 4 is 40.2 Å². The summed E-state index contributed by atoms with van der Waals surface area (Å²) >= 11 is 12.3. The van der Waals surface area contributed by atoms with Crippen LogP contribution in [0.15, 0.2) is 83.0 Å². The number of allylic oxidation sites excluding steroid dienone is 1.